The van der Waals surface area contributed by atoms with E-state index in [2.05, 4.69) is 18.2 Å². The van der Waals surface area contributed by atoms with Crippen molar-refractivity contribution in [3.05, 3.63) is 118 Å². The van der Waals surface area contributed by atoms with Crippen molar-refractivity contribution < 1.29 is 9.53 Å². The van der Waals surface area contributed by atoms with Gasteiger partial charge in [-0.05, 0) is 34.5 Å². The van der Waals surface area contributed by atoms with Crippen LogP contribution in [0.25, 0.3) is 16.5 Å². The van der Waals surface area contributed by atoms with Crippen molar-refractivity contribution in [2.75, 3.05) is 0 Å². The lowest BCUT2D eigenvalue weighted by atomic mass is 9.79. The van der Waals surface area contributed by atoms with Gasteiger partial charge in [0.15, 0.2) is 5.78 Å². The number of rotatable bonds is 1. The number of carbonyl (C=O) groups excluding carboxylic acids is 1. The summed E-state index contributed by atoms with van der Waals surface area (Å²) >= 11 is 6.16. The first-order valence-corrected chi connectivity index (χ1v) is 9.93. The molecule has 1 heterocycles. The van der Waals surface area contributed by atoms with Gasteiger partial charge in [-0.1, -0.05) is 78.3 Å². The minimum atomic E-state index is -0.211. The predicted octanol–water partition coefficient (Wildman–Crippen LogP) is 6.63. The van der Waals surface area contributed by atoms with Crippen molar-refractivity contribution in [3.8, 4) is 5.75 Å². The minimum Gasteiger partial charge on any atom is -0.456 e. The molecule has 29 heavy (non-hydrogen) atoms. The van der Waals surface area contributed by atoms with Crippen LogP contribution in [-0.2, 0) is 0 Å². The highest BCUT2D eigenvalue weighted by molar-refractivity contribution is 6.30. The average Bonchev–Trinajstić information content (AvgIpc) is 3.05. The number of benzene rings is 4. The second kappa shape index (κ2) is 6.07. The Hall–Kier alpha value is -3.36. The molecule has 0 radical (unpaired) electrons. The Morgan fingerprint density at radius 3 is 2.31 bits per heavy atom. The summed E-state index contributed by atoms with van der Waals surface area (Å²) in [4.78, 5) is 13.5. The van der Waals surface area contributed by atoms with Crippen molar-refractivity contribution in [3.63, 3.8) is 0 Å². The first-order valence-electron chi connectivity index (χ1n) is 9.55. The summed E-state index contributed by atoms with van der Waals surface area (Å²) in [5, 5.41) is 2.90. The zero-order chi connectivity index (χ0) is 19.5. The number of fused-ring (bicyclic) bond motifs is 5. The van der Waals surface area contributed by atoms with Crippen LogP contribution in [0, 0.1) is 0 Å². The molecule has 1 atom stereocenters. The molecule has 0 amide bonds. The maximum atomic E-state index is 13.5. The Kier molecular flexibility index (Phi) is 3.47. The predicted molar refractivity (Wildman–Crippen MR) is 116 cm³/mol. The number of Topliss-reactive ketones (excluding diaryl/α,β-unsaturated/α-hetero) is 1. The number of hydrogen-bond acceptors (Lipinski definition) is 2. The smallest absolute Gasteiger partial charge is 0.194 e. The average molecular weight is 395 g/mol. The summed E-state index contributed by atoms with van der Waals surface area (Å²) < 4.78 is 6.37. The van der Waals surface area contributed by atoms with Gasteiger partial charge in [-0.3, -0.25) is 4.79 Å². The molecule has 0 spiro atoms. The molecule has 3 heteroatoms. The first-order chi connectivity index (χ1) is 14.2. The zero-order valence-corrected chi connectivity index (χ0v) is 16.1. The van der Waals surface area contributed by atoms with Gasteiger partial charge in [0.1, 0.15) is 11.5 Å². The summed E-state index contributed by atoms with van der Waals surface area (Å²) in [5.74, 6) is 1.30. The lowest BCUT2D eigenvalue weighted by Crippen LogP contribution is -2.17. The maximum absolute atomic E-state index is 13.5. The van der Waals surface area contributed by atoms with Crippen LogP contribution in [0.15, 0.2) is 90.5 Å². The topological polar surface area (TPSA) is 26.3 Å². The molecule has 4 aromatic rings. The fourth-order valence-corrected chi connectivity index (χ4v) is 4.68. The van der Waals surface area contributed by atoms with Crippen LogP contribution < -0.4 is 4.74 Å². The quantitative estimate of drug-likeness (QED) is 0.362. The van der Waals surface area contributed by atoms with E-state index in [0.717, 1.165) is 33.2 Å². The summed E-state index contributed by atoms with van der Waals surface area (Å²) in [6.07, 6.45) is 0. The Morgan fingerprint density at radius 1 is 0.759 bits per heavy atom. The van der Waals surface area contributed by atoms with Crippen LogP contribution in [-0.4, -0.2) is 5.78 Å². The number of carbonyl (C=O) groups is 1. The Labute approximate surface area is 173 Å². The van der Waals surface area contributed by atoms with Crippen LogP contribution in [0.2, 0.25) is 5.02 Å². The van der Waals surface area contributed by atoms with Crippen molar-refractivity contribution >= 4 is 33.9 Å². The molecule has 1 unspecified atom stereocenters. The van der Waals surface area contributed by atoms with Crippen molar-refractivity contribution in [1.29, 1.82) is 0 Å². The molecule has 0 saturated heterocycles. The molecular weight excluding hydrogens is 380 g/mol. The zero-order valence-electron chi connectivity index (χ0n) is 15.4. The molecule has 1 aliphatic heterocycles. The first kappa shape index (κ1) is 16.6. The lowest BCUT2D eigenvalue weighted by Gasteiger charge is -2.29. The van der Waals surface area contributed by atoms with Crippen molar-refractivity contribution in [1.82, 2.24) is 0 Å². The van der Waals surface area contributed by atoms with Crippen LogP contribution >= 0.6 is 11.6 Å². The van der Waals surface area contributed by atoms with E-state index in [9.17, 15) is 4.79 Å². The number of ketones is 1. The molecule has 6 rings (SSSR count). The Balaban J connectivity index is 1.69. The number of ether oxygens (including phenoxy) is 1. The van der Waals surface area contributed by atoms with Crippen LogP contribution in [0.1, 0.15) is 33.0 Å². The van der Waals surface area contributed by atoms with Gasteiger partial charge in [-0.15, -0.1) is 0 Å². The molecule has 2 nitrogen and oxygen atoms in total. The van der Waals surface area contributed by atoms with Gasteiger partial charge in [-0.2, -0.15) is 0 Å². The van der Waals surface area contributed by atoms with Crippen molar-refractivity contribution in [2.45, 2.75) is 5.92 Å². The molecule has 0 bridgehead atoms. The normalized spacial score (nSPS) is 17.0. The van der Waals surface area contributed by atoms with Gasteiger partial charge in [0.2, 0.25) is 0 Å². The molecule has 4 aromatic carbocycles. The van der Waals surface area contributed by atoms with Gasteiger partial charge in [0.05, 0.1) is 5.57 Å². The third-order valence-corrected chi connectivity index (χ3v) is 6.08. The molecule has 0 fully saturated rings. The van der Waals surface area contributed by atoms with E-state index in [1.807, 2.05) is 66.7 Å². The SMILES string of the molecule is O=C1C2=C(Oc3ccc4ccccc4c3C2c2ccc(Cl)cc2)c2ccccc21. The van der Waals surface area contributed by atoms with Gasteiger partial charge >= 0.3 is 0 Å². The van der Waals surface area contributed by atoms with Gasteiger partial charge in [-0.25, -0.2) is 0 Å². The maximum Gasteiger partial charge on any atom is 0.194 e. The van der Waals surface area contributed by atoms with Gasteiger partial charge in [0.25, 0.3) is 0 Å². The summed E-state index contributed by atoms with van der Waals surface area (Å²) in [6, 6.07) is 27.8. The minimum absolute atomic E-state index is 0.0362. The van der Waals surface area contributed by atoms with E-state index in [0.29, 0.717) is 21.9 Å². The Bertz CT molecular complexity index is 1350. The monoisotopic (exact) mass is 394 g/mol. The summed E-state index contributed by atoms with van der Waals surface area (Å²) in [7, 11) is 0. The number of halogens is 1. The standard InChI is InChI=1S/C26H15ClO2/c27-17-12-9-16(10-13-17)22-23-18-6-2-1-5-15(18)11-14-21(23)29-26-20-8-4-3-7-19(20)25(28)24(22)26/h1-14,22H. The molecule has 0 aromatic heterocycles. The van der Waals surface area contributed by atoms with Crippen LogP contribution in [0.4, 0.5) is 0 Å². The number of hydrogen-bond donors (Lipinski definition) is 0. The highest BCUT2D eigenvalue weighted by atomic mass is 35.5. The van der Waals surface area contributed by atoms with Crippen LogP contribution in [0.5, 0.6) is 5.75 Å². The molecule has 0 N–H and O–H groups in total. The van der Waals surface area contributed by atoms with Gasteiger partial charge < -0.3 is 4.74 Å². The Morgan fingerprint density at radius 2 is 1.48 bits per heavy atom. The molecule has 138 valence electrons. The molecular formula is C26H15ClO2. The largest absolute Gasteiger partial charge is 0.456 e. The van der Waals surface area contributed by atoms with E-state index >= 15 is 0 Å². The van der Waals surface area contributed by atoms with Crippen LogP contribution in [0.3, 0.4) is 0 Å². The highest BCUT2D eigenvalue weighted by Gasteiger charge is 2.42. The molecule has 0 saturated carbocycles. The van der Waals surface area contributed by atoms with E-state index in [4.69, 9.17) is 16.3 Å². The summed E-state index contributed by atoms with van der Waals surface area (Å²) in [5.41, 5.74) is 4.34. The summed E-state index contributed by atoms with van der Waals surface area (Å²) in [6.45, 7) is 0. The van der Waals surface area contributed by atoms with E-state index in [-0.39, 0.29) is 11.7 Å². The second-order valence-electron chi connectivity index (χ2n) is 7.40. The van der Waals surface area contributed by atoms with E-state index < -0.39 is 0 Å². The fraction of sp³-hybridized carbons (Fsp3) is 0.0385. The van der Waals surface area contributed by atoms with Gasteiger partial charge in [0, 0.05) is 27.6 Å². The molecule has 2 aliphatic rings. The molecule has 1 aliphatic carbocycles. The van der Waals surface area contributed by atoms with Crippen molar-refractivity contribution in [2.24, 2.45) is 0 Å². The number of allylic oxidation sites excluding steroid dienone is 1. The fourth-order valence-electron chi connectivity index (χ4n) is 4.55. The second-order valence-corrected chi connectivity index (χ2v) is 7.84. The highest BCUT2D eigenvalue weighted by Crippen LogP contribution is 2.52. The third-order valence-electron chi connectivity index (χ3n) is 5.83. The third kappa shape index (κ3) is 2.33. The van der Waals surface area contributed by atoms with E-state index in [1.54, 1.807) is 0 Å². The lowest BCUT2D eigenvalue weighted by molar-refractivity contribution is 0.103. The van der Waals surface area contributed by atoms with E-state index in [1.165, 1.54) is 0 Å².